The highest BCUT2D eigenvalue weighted by Crippen LogP contribution is 1.91. The van der Waals surface area contributed by atoms with Crippen molar-refractivity contribution in [2.45, 2.75) is 19.9 Å². The maximum Gasteiger partial charge on any atom is 0.297 e. The lowest BCUT2D eigenvalue weighted by Gasteiger charge is -2.00. The molecule has 0 saturated heterocycles. The Bertz CT molecular complexity index is 151. The molecule has 0 radical (unpaired) electrons. The molecule has 0 aromatic rings. The minimum atomic E-state index is -3.50. The second-order valence-corrected chi connectivity index (χ2v) is 4.04. The predicted molar refractivity (Wildman–Crippen MR) is 33.0 cm³/mol. The lowest BCUT2D eigenvalue weighted by molar-refractivity contribution is 0.584. The van der Waals surface area contributed by atoms with Gasteiger partial charge >= 0.3 is 0 Å². The summed E-state index contributed by atoms with van der Waals surface area (Å²) >= 11 is 0. The van der Waals surface area contributed by atoms with Crippen molar-refractivity contribution >= 4 is 19.9 Å². The average molecular weight is 158 g/mol. The molecule has 0 aromatic carbocycles. The van der Waals surface area contributed by atoms with Crippen molar-refractivity contribution in [3.8, 4) is 0 Å². The van der Waals surface area contributed by atoms with Crippen LogP contribution in [0.3, 0.4) is 0 Å². The molecule has 0 aliphatic heterocycles. The Balaban J connectivity index is 3.75. The molecule has 0 aliphatic rings. The molecule has 0 fully saturated rings. The van der Waals surface area contributed by atoms with Gasteiger partial charge in [0.2, 0.25) is 0 Å². The Morgan fingerprint density at radius 1 is 1.50 bits per heavy atom. The van der Waals surface area contributed by atoms with Crippen LogP contribution in [0.25, 0.3) is 0 Å². The van der Waals surface area contributed by atoms with Gasteiger partial charge in [-0.25, -0.2) is 0 Å². The van der Waals surface area contributed by atoms with Crippen LogP contribution in [0.4, 0.5) is 0 Å². The van der Waals surface area contributed by atoms with Gasteiger partial charge < -0.3 is 0 Å². The Hall–Kier alpha value is 0.200. The molecule has 0 rings (SSSR count). The van der Waals surface area contributed by atoms with E-state index in [0.29, 0.717) is 0 Å². The third-order valence-corrected chi connectivity index (χ3v) is 1.40. The van der Waals surface area contributed by atoms with Crippen LogP contribution in [0.15, 0.2) is 0 Å². The Kier molecular flexibility index (Phi) is 2.73. The van der Waals surface area contributed by atoms with Crippen LogP contribution in [-0.4, -0.2) is 14.5 Å². The third kappa shape index (κ3) is 6.20. The van der Waals surface area contributed by atoms with Crippen LogP contribution in [0.1, 0.15) is 13.8 Å². The molecule has 50 valence electrons. The van der Waals surface area contributed by atoms with Gasteiger partial charge in [-0.05, 0) is 13.8 Å². The van der Waals surface area contributed by atoms with Crippen molar-refractivity contribution in [1.82, 2.24) is 4.72 Å². The zero-order valence-corrected chi connectivity index (χ0v) is 6.25. The summed E-state index contributed by atoms with van der Waals surface area (Å²) in [5.41, 5.74) is 0. The Labute approximate surface area is 53.6 Å². The molecule has 0 aliphatic carbocycles. The molecule has 3 nitrogen and oxygen atoms in total. The molecular formula is C3H8ClNO2S. The van der Waals surface area contributed by atoms with Gasteiger partial charge in [-0.1, -0.05) is 0 Å². The van der Waals surface area contributed by atoms with Gasteiger partial charge in [-0.2, -0.15) is 13.1 Å². The monoisotopic (exact) mass is 157 g/mol. The summed E-state index contributed by atoms with van der Waals surface area (Å²) in [5, 5.41) is 0. The van der Waals surface area contributed by atoms with E-state index in [4.69, 9.17) is 10.7 Å². The zero-order valence-electron chi connectivity index (χ0n) is 4.68. The molecule has 0 bridgehead atoms. The average Bonchev–Trinajstić information content (AvgIpc) is 1.21. The number of nitrogens with one attached hydrogen (secondary N) is 1. The van der Waals surface area contributed by atoms with Crippen LogP contribution in [0, 0.1) is 0 Å². The molecule has 0 heterocycles. The van der Waals surface area contributed by atoms with Crippen molar-refractivity contribution in [1.29, 1.82) is 0 Å². The first-order valence-electron chi connectivity index (χ1n) is 2.14. The quantitative estimate of drug-likeness (QED) is 0.593. The summed E-state index contributed by atoms with van der Waals surface area (Å²) in [6.07, 6.45) is 0. The van der Waals surface area contributed by atoms with Crippen LogP contribution in [0.2, 0.25) is 0 Å². The van der Waals surface area contributed by atoms with Gasteiger partial charge in [0.25, 0.3) is 9.24 Å². The van der Waals surface area contributed by atoms with Crippen molar-refractivity contribution in [2.24, 2.45) is 0 Å². The van der Waals surface area contributed by atoms with E-state index in [1.54, 1.807) is 13.8 Å². The fourth-order valence-corrected chi connectivity index (χ4v) is 1.38. The lowest BCUT2D eigenvalue weighted by atomic mass is 10.4. The molecule has 0 aromatic heterocycles. The summed E-state index contributed by atoms with van der Waals surface area (Å²) in [6, 6.07) is -0.127. The van der Waals surface area contributed by atoms with Crippen LogP contribution in [-0.2, 0) is 9.24 Å². The summed E-state index contributed by atoms with van der Waals surface area (Å²) < 4.78 is 22.3. The largest absolute Gasteiger partial charge is 0.297 e. The molecule has 1 N–H and O–H groups in total. The van der Waals surface area contributed by atoms with Gasteiger partial charge in [-0.15, -0.1) is 0 Å². The molecule has 0 unspecified atom stereocenters. The number of rotatable bonds is 2. The summed E-state index contributed by atoms with van der Waals surface area (Å²) in [5.74, 6) is 0. The van der Waals surface area contributed by atoms with E-state index < -0.39 is 9.24 Å². The summed E-state index contributed by atoms with van der Waals surface area (Å²) in [6.45, 7) is 3.39. The molecule has 0 amide bonds. The van der Waals surface area contributed by atoms with E-state index in [9.17, 15) is 8.42 Å². The van der Waals surface area contributed by atoms with Gasteiger partial charge in [0.15, 0.2) is 0 Å². The smallest absolute Gasteiger partial charge is 0.200 e. The normalized spacial score (nSPS) is 12.5. The molecule has 0 atom stereocenters. The van der Waals surface area contributed by atoms with Crippen molar-refractivity contribution < 1.29 is 8.42 Å². The minimum absolute atomic E-state index is 0.127. The first kappa shape index (κ1) is 8.20. The first-order chi connectivity index (χ1) is 3.42. The van der Waals surface area contributed by atoms with Gasteiger partial charge in [0.1, 0.15) is 0 Å². The lowest BCUT2D eigenvalue weighted by Crippen LogP contribution is -2.25. The van der Waals surface area contributed by atoms with Gasteiger partial charge in [0.05, 0.1) is 0 Å². The van der Waals surface area contributed by atoms with E-state index >= 15 is 0 Å². The van der Waals surface area contributed by atoms with Crippen LogP contribution in [0.5, 0.6) is 0 Å². The minimum Gasteiger partial charge on any atom is -0.200 e. The molecule has 8 heavy (non-hydrogen) atoms. The second-order valence-electron chi connectivity index (χ2n) is 1.71. The van der Waals surface area contributed by atoms with Crippen molar-refractivity contribution in [2.75, 3.05) is 0 Å². The Morgan fingerprint density at radius 3 is 1.88 bits per heavy atom. The van der Waals surface area contributed by atoms with Crippen LogP contribution < -0.4 is 4.72 Å². The van der Waals surface area contributed by atoms with Gasteiger partial charge in [0, 0.05) is 16.7 Å². The fraction of sp³-hybridized carbons (Fsp3) is 1.00. The number of halogens is 1. The molecule has 0 saturated carbocycles. The second kappa shape index (κ2) is 2.66. The van der Waals surface area contributed by atoms with E-state index in [1.165, 1.54) is 0 Å². The van der Waals surface area contributed by atoms with E-state index in [0.717, 1.165) is 0 Å². The SMILES string of the molecule is CC(C)NS(=O)(=O)Cl. The number of hydrogen-bond acceptors (Lipinski definition) is 2. The van der Waals surface area contributed by atoms with E-state index in [2.05, 4.69) is 4.72 Å². The fourth-order valence-electron chi connectivity index (χ4n) is 0.282. The number of hydrogen-bond donors (Lipinski definition) is 1. The zero-order chi connectivity index (χ0) is 6.78. The topological polar surface area (TPSA) is 46.2 Å². The van der Waals surface area contributed by atoms with Crippen molar-refractivity contribution in [3.05, 3.63) is 0 Å². The standard InChI is InChI=1S/C3H8ClNO2S/c1-3(2)5-8(4,6)7/h3,5H,1-2H3. The third-order valence-electron chi connectivity index (χ3n) is 0.376. The highest BCUT2D eigenvalue weighted by atomic mass is 35.7. The van der Waals surface area contributed by atoms with E-state index in [-0.39, 0.29) is 6.04 Å². The van der Waals surface area contributed by atoms with E-state index in [1.807, 2.05) is 0 Å². The highest BCUT2D eigenvalue weighted by molar-refractivity contribution is 8.12. The Morgan fingerprint density at radius 2 is 1.88 bits per heavy atom. The highest BCUT2D eigenvalue weighted by Gasteiger charge is 2.03. The predicted octanol–water partition coefficient (Wildman–Crippen LogP) is 0.468. The maximum atomic E-state index is 10.1. The van der Waals surface area contributed by atoms with Crippen molar-refractivity contribution in [3.63, 3.8) is 0 Å². The molecular weight excluding hydrogens is 150 g/mol. The molecule has 0 spiro atoms. The molecule has 5 heteroatoms. The van der Waals surface area contributed by atoms with Crippen LogP contribution >= 0.6 is 10.7 Å². The van der Waals surface area contributed by atoms with Gasteiger partial charge in [-0.3, -0.25) is 0 Å². The maximum absolute atomic E-state index is 10.1. The first-order valence-corrected chi connectivity index (χ1v) is 4.44. The summed E-state index contributed by atoms with van der Waals surface area (Å²) in [7, 11) is 1.29. The summed E-state index contributed by atoms with van der Waals surface area (Å²) in [4.78, 5) is 0.